The monoisotopic (exact) mass is 431 g/mol. The van der Waals surface area contributed by atoms with E-state index >= 15 is 0 Å². The number of hydrogen-bond acceptors (Lipinski definition) is 4. The number of carbonyl (C=O) groups is 3. The number of halogens is 1. The van der Waals surface area contributed by atoms with Crippen molar-refractivity contribution >= 4 is 35.0 Å². The topological polar surface area (TPSA) is 74.1 Å². The van der Waals surface area contributed by atoms with Gasteiger partial charge in [0.15, 0.2) is 0 Å². The van der Waals surface area contributed by atoms with Crippen LogP contribution in [0.25, 0.3) is 0 Å². The third-order valence-corrected chi connectivity index (χ3v) is 5.28. The van der Waals surface area contributed by atoms with Crippen molar-refractivity contribution in [2.75, 3.05) is 24.7 Å². The van der Waals surface area contributed by atoms with E-state index in [4.69, 9.17) is 16.0 Å². The van der Waals surface area contributed by atoms with Crippen molar-refractivity contribution in [2.24, 2.45) is 0 Å². The Balaban J connectivity index is 1.64. The van der Waals surface area contributed by atoms with E-state index in [1.165, 1.54) is 14.7 Å². The second-order valence-corrected chi connectivity index (χ2v) is 7.75. The average Bonchev–Trinajstić information content (AvgIpc) is 3.38. The van der Waals surface area contributed by atoms with Gasteiger partial charge in [-0.05, 0) is 42.8 Å². The maximum atomic E-state index is 12.9. The predicted octanol–water partition coefficient (Wildman–Crippen LogP) is 3.67. The predicted molar refractivity (Wildman–Crippen MR) is 114 cm³/mol. The molecular formula is C22H26ClN3O4. The highest BCUT2D eigenvalue weighted by molar-refractivity contribution is 6.30. The van der Waals surface area contributed by atoms with Crippen LogP contribution >= 0.6 is 11.6 Å². The molecule has 3 rings (SSSR count). The molecule has 0 spiro atoms. The summed E-state index contributed by atoms with van der Waals surface area (Å²) in [5.41, 5.74) is 0.683. The van der Waals surface area contributed by atoms with Gasteiger partial charge in [-0.15, -0.1) is 0 Å². The Hall–Kier alpha value is -2.80. The number of amides is 3. The summed E-state index contributed by atoms with van der Waals surface area (Å²) in [4.78, 5) is 42.5. The number of benzene rings is 1. The summed E-state index contributed by atoms with van der Waals surface area (Å²) < 4.78 is 5.36. The minimum atomic E-state index is -0.268. The summed E-state index contributed by atoms with van der Waals surface area (Å²) in [6.07, 6.45) is 4.69. The van der Waals surface area contributed by atoms with Gasteiger partial charge in [0.25, 0.3) is 0 Å². The third kappa shape index (κ3) is 5.63. The van der Waals surface area contributed by atoms with Gasteiger partial charge in [0, 0.05) is 17.1 Å². The Kier molecular flexibility index (Phi) is 7.52. The molecule has 1 fully saturated rings. The van der Waals surface area contributed by atoms with Gasteiger partial charge in [-0.2, -0.15) is 0 Å². The van der Waals surface area contributed by atoms with E-state index in [2.05, 4.69) is 6.92 Å². The normalized spacial score (nSPS) is 13.7. The lowest BCUT2D eigenvalue weighted by Crippen LogP contribution is -2.42. The number of anilines is 1. The minimum absolute atomic E-state index is 0.0138. The molecule has 1 saturated heterocycles. The van der Waals surface area contributed by atoms with Crippen LogP contribution in [0.15, 0.2) is 47.1 Å². The first-order valence-corrected chi connectivity index (χ1v) is 10.5. The van der Waals surface area contributed by atoms with Crippen LogP contribution in [0.5, 0.6) is 0 Å². The number of carbonyl (C=O) groups excluding carboxylic acids is 3. The van der Waals surface area contributed by atoms with Crippen molar-refractivity contribution in [1.82, 2.24) is 9.80 Å². The molecule has 8 heteroatoms. The third-order valence-electron chi connectivity index (χ3n) is 5.03. The molecule has 0 saturated carbocycles. The average molecular weight is 432 g/mol. The zero-order chi connectivity index (χ0) is 21.5. The maximum Gasteiger partial charge on any atom is 0.248 e. The molecule has 1 aromatic carbocycles. The zero-order valence-electron chi connectivity index (χ0n) is 17.1. The minimum Gasteiger partial charge on any atom is -0.467 e. The highest BCUT2D eigenvalue weighted by Crippen LogP contribution is 2.22. The summed E-state index contributed by atoms with van der Waals surface area (Å²) in [6.45, 7) is 2.35. The van der Waals surface area contributed by atoms with Gasteiger partial charge in [0.1, 0.15) is 25.5 Å². The Morgan fingerprint density at radius 2 is 1.93 bits per heavy atom. The van der Waals surface area contributed by atoms with Gasteiger partial charge >= 0.3 is 0 Å². The lowest BCUT2D eigenvalue weighted by Gasteiger charge is -2.24. The number of furan rings is 1. The van der Waals surface area contributed by atoms with Gasteiger partial charge in [0.05, 0.1) is 12.8 Å². The molecule has 1 aromatic heterocycles. The lowest BCUT2D eigenvalue weighted by molar-refractivity contribution is -0.141. The Morgan fingerprint density at radius 3 is 2.60 bits per heavy atom. The quantitative estimate of drug-likeness (QED) is 0.568. The summed E-state index contributed by atoms with van der Waals surface area (Å²) in [7, 11) is 0. The van der Waals surface area contributed by atoms with Crippen LogP contribution < -0.4 is 4.90 Å². The first-order valence-electron chi connectivity index (χ1n) is 10.1. The highest BCUT2D eigenvalue weighted by Gasteiger charge is 2.33. The number of rotatable bonds is 9. The van der Waals surface area contributed by atoms with Crippen LogP contribution in [0.4, 0.5) is 5.69 Å². The second-order valence-electron chi connectivity index (χ2n) is 7.32. The van der Waals surface area contributed by atoms with Crippen LogP contribution in [0.1, 0.15) is 38.4 Å². The summed E-state index contributed by atoms with van der Waals surface area (Å²) >= 11 is 5.91. The first-order chi connectivity index (χ1) is 14.5. The standard InChI is InChI=1S/C22H26ClN3O4/c1-2-3-4-7-20(27)24(13-19-6-5-12-30-19)14-21(28)25-15-22(29)26(16-25)18-10-8-17(23)9-11-18/h5-6,8-12H,2-4,7,13-16H2,1H3. The van der Waals surface area contributed by atoms with Crippen molar-refractivity contribution in [3.8, 4) is 0 Å². The van der Waals surface area contributed by atoms with Crippen LogP contribution in [-0.2, 0) is 20.9 Å². The van der Waals surface area contributed by atoms with Gasteiger partial charge in [0.2, 0.25) is 17.7 Å². The van der Waals surface area contributed by atoms with E-state index in [1.54, 1.807) is 42.7 Å². The molecule has 1 aliphatic heterocycles. The Bertz CT molecular complexity index is 867. The number of hydrogen-bond donors (Lipinski definition) is 0. The molecule has 3 amide bonds. The van der Waals surface area contributed by atoms with Crippen molar-refractivity contribution in [3.63, 3.8) is 0 Å². The van der Waals surface area contributed by atoms with E-state index in [9.17, 15) is 14.4 Å². The van der Waals surface area contributed by atoms with Gasteiger partial charge in [-0.1, -0.05) is 31.4 Å². The SMILES string of the molecule is CCCCCC(=O)N(CC(=O)N1CC(=O)N(c2ccc(Cl)cc2)C1)Cc1ccco1. The van der Waals surface area contributed by atoms with Crippen molar-refractivity contribution in [2.45, 2.75) is 39.2 Å². The smallest absolute Gasteiger partial charge is 0.248 e. The van der Waals surface area contributed by atoms with Crippen molar-refractivity contribution in [3.05, 3.63) is 53.4 Å². The van der Waals surface area contributed by atoms with Crippen LogP contribution in [0.3, 0.4) is 0 Å². The number of nitrogens with zero attached hydrogens (tertiary/aromatic N) is 3. The zero-order valence-corrected chi connectivity index (χ0v) is 17.8. The van der Waals surface area contributed by atoms with Crippen molar-refractivity contribution < 1.29 is 18.8 Å². The maximum absolute atomic E-state index is 12.9. The largest absolute Gasteiger partial charge is 0.467 e. The molecular weight excluding hydrogens is 406 g/mol. The summed E-state index contributed by atoms with van der Waals surface area (Å²) in [5.74, 6) is 0.0907. The molecule has 0 atom stereocenters. The summed E-state index contributed by atoms with van der Waals surface area (Å²) in [6, 6.07) is 10.4. The Labute approximate surface area is 181 Å². The van der Waals surface area contributed by atoms with Gasteiger partial charge in [-0.25, -0.2) is 0 Å². The van der Waals surface area contributed by atoms with E-state index < -0.39 is 0 Å². The molecule has 1 aliphatic rings. The summed E-state index contributed by atoms with van der Waals surface area (Å²) in [5, 5.41) is 0.577. The molecule has 0 aliphatic carbocycles. The molecule has 7 nitrogen and oxygen atoms in total. The molecule has 0 unspecified atom stereocenters. The second kappa shape index (κ2) is 10.3. The van der Waals surface area contributed by atoms with Gasteiger partial charge < -0.3 is 14.2 Å². The molecule has 0 radical (unpaired) electrons. The van der Waals surface area contributed by atoms with Crippen LogP contribution in [0, 0.1) is 0 Å². The molecule has 0 N–H and O–H groups in total. The van der Waals surface area contributed by atoms with Crippen molar-refractivity contribution in [1.29, 1.82) is 0 Å². The molecule has 160 valence electrons. The lowest BCUT2D eigenvalue weighted by atomic mass is 10.2. The van der Waals surface area contributed by atoms with Crippen LogP contribution in [0.2, 0.25) is 5.02 Å². The van der Waals surface area contributed by atoms with E-state index in [0.29, 0.717) is 22.9 Å². The highest BCUT2D eigenvalue weighted by atomic mass is 35.5. The van der Waals surface area contributed by atoms with Gasteiger partial charge in [-0.3, -0.25) is 19.3 Å². The van der Waals surface area contributed by atoms with E-state index in [-0.39, 0.29) is 44.0 Å². The van der Waals surface area contributed by atoms with E-state index in [0.717, 1.165) is 19.3 Å². The fourth-order valence-corrected chi connectivity index (χ4v) is 3.46. The number of unbranched alkanes of at least 4 members (excludes halogenated alkanes) is 2. The first kappa shape index (κ1) is 21.9. The fourth-order valence-electron chi connectivity index (χ4n) is 3.33. The van der Waals surface area contributed by atoms with Crippen LogP contribution in [-0.4, -0.2) is 47.3 Å². The fraction of sp³-hybridized carbons (Fsp3) is 0.409. The molecule has 30 heavy (non-hydrogen) atoms. The molecule has 2 aromatic rings. The molecule has 0 bridgehead atoms. The molecule has 2 heterocycles. The Morgan fingerprint density at radius 1 is 1.17 bits per heavy atom. The van der Waals surface area contributed by atoms with E-state index in [1.807, 2.05) is 0 Å².